The molecule has 0 fully saturated rings. The number of esters is 1. The van der Waals surface area contributed by atoms with Crippen molar-refractivity contribution >= 4 is 5.97 Å². The normalized spacial score (nSPS) is 12.5. The number of hydrogen-bond acceptors (Lipinski definition) is 5. The lowest BCUT2D eigenvalue weighted by atomic mass is 9.79. The molecule has 0 saturated heterocycles. The zero-order chi connectivity index (χ0) is 25.9. The average Bonchev–Trinajstić information content (AvgIpc) is 3.33. The maximum atomic E-state index is 13.8. The molecule has 0 spiro atoms. The van der Waals surface area contributed by atoms with Gasteiger partial charge in [0.2, 0.25) is 0 Å². The second kappa shape index (κ2) is 10.1. The van der Waals surface area contributed by atoms with Crippen molar-refractivity contribution in [2.75, 3.05) is 13.7 Å². The molecule has 6 nitrogen and oxygen atoms in total. The van der Waals surface area contributed by atoms with E-state index in [0.717, 1.165) is 5.56 Å². The number of nitrogens with zero attached hydrogens (tertiary/aromatic N) is 2. The second-order valence-electron chi connectivity index (χ2n) is 9.05. The Morgan fingerprint density at radius 2 is 1.57 bits per heavy atom. The Morgan fingerprint density at radius 3 is 2.09 bits per heavy atom. The van der Waals surface area contributed by atoms with Crippen LogP contribution in [0.2, 0.25) is 0 Å². The van der Waals surface area contributed by atoms with Crippen LogP contribution in [-0.4, -0.2) is 40.8 Å². The number of hydrogen-bond donors (Lipinski definition) is 1. The molecule has 2 aromatic heterocycles. The molecule has 0 bridgehead atoms. The first-order valence-corrected chi connectivity index (χ1v) is 11.4. The molecule has 2 heterocycles. The summed E-state index contributed by atoms with van der Waals surface area (Å²) in [4.78, 5) is 23.3. The van der Waals surface area contributed by atoms with E-state index in [1.54, 1.807) is 44.3 Å². The van der Waals surface area contributed by atoms with Crippen LogP contribution in [0.15, 0.2) is 48.8 Å². The summed E-state index contributed by atoms with van der Waals surface area (Å²) in [5.74, 6) is 0.590. The predicted molar refractivity (Wildman–Crippen MR) is 127 cm³/mol. The Bertz CT molecular complexity index is 1130. The van der Waals surface area contributed by atoms with Gasteiger partial charge in [-0.05, 0) is 63.1 Å². The van der Waals surface area contributed by atoms with Crippen LogP contribution in [0.1, 0.15) is 46.2 Å². The smallest absolute Gasteiger partial charge is 0.399 e. The highest BCUT2D eigenvalue weighted by atomic mass is 19.4. The fraction of sp³-hybridized carbons (Fsp3) is 0.423. The molecule has 0 aliphatic carbocycles. The number of aromatic nitrogens is 3. The van der Waals surface area contributed by atoms with Gasteiger partial charge in [0.15, 0.2) is 0 Å². The second-order valence-corrected chi connectivity index (χ2v) is 9.05. The fourth-order valence-corrected chi connectivity index (χ4v) is 3.92. The summed E-state index contributed by atoms with van der Waals surface area (Å²) in [6.45, 7) is 6.72. The molecule has 0 unspecified atom stereocenters. The van der Waals surface area contributed by atoms with Gasteiger partial charge in [-0.2, -0.15) is 13.2 Å². The molecule has 9 heteroatoms. The maximum Gasteiger partial charge on any atom is 0.399 e. The number of ether oxygens (including phenoxy) is 2. The third-order valence-corrected chi connectivity index (χ3v) is 6.37. The summed E-state index contributed by atoms with van der Waals surface area (Å²) in [6.07, 6.45) is -1.69. The van der Waals surface area contributed by atoms with Crippen molar-refractivity contribution in [2.24, 2.45) is 5.41 Å². The molecular formula is C26H30F3N3O3. The summed E-state index contributed by atoms with van der Waals surface area (Å²) in [6, 6.07) is 10.8. The van der Waals surface area contributed by atoms with E-state index in [4.69, 9.17) is 9.47 Å². The number of nitrogens with one attached hydrogen (secondary N) is 1. The molecule has 0 aliphatic rings. The van der Waals surface area contributed by atoms with Gasteiger partial charge in [-0.1, -0.05) is 13.8 Å². The Kier molecular flexibility index (Phi) is 7.57. The Balaban J connectivity index is 1.74. The standard InChI is InChI=1S/C26H30F3N3O3/c1-6-25(7-2,26(27,28)29)21-15-31-22(32-21)18-10-13-20(30-14-18)17-8-11-19(12-9-17)35-16-24(3,4)23(33)34-5/h8-15H,6-7,16H2,1-5H3,(H,31,32). The van der Waals surface area contributed by atoms with Crippen molar-refractivity contribution in [3.63, 3.8) is 0 Å². The maximum absolute atomic E-state index is 13.8. The number of rotatable bonds is 9. The molecule has 188 valence electrons. The van der Waals surface area contributed by atoms with Gasteiger partial charge in [-0.3, -0.25) is 9.78 Å². The molecular weight excluding hydrogens is 459 g/mol. The van der Waals surface area contributed by atoms with Crippen LogP contribution in [0.3, 0.4) is 0 Å². The summed E-state index contributed by atoms with van der Waals surface area (Å²) in [5, 5.41) is 0. The Morgan fingerprint density at radius 1 is 0.943 bits per heavy atom. The lowest BCUT2D eigenvalue weighted by molar-refractivity contribution is -0.194. The third-order valence-electron chi connectivity index (χ3n) is 6.37. The minimum absolute atomic E-state index is 0.0556. The molecule has 0 radical (unpaired) electrons. The zero-order valence-electron chi connectivity index (χ0n) is 20.5. The number of carbonyl (C=O) groups is 1. The van der Waals surface area contributed by atoms with Gasteiger partial charge in [-0.15, -0.1) is 0 Å². The van der Waals surface area contributed by atoms with Crippen molar-refractivity contribution in [2.45, 2.75) is 52.1 Å². The summed E-state index contributed by atoms with van der Waals surface area (Å²) >= 11 is 0. The van der Waals surface area contributed by atoms with Crippen molar-refractivity contribution in [1.82, 2.24) is 15.0 Å². The van der Waals surface area contributed by atoms with Gasteiger partial charge in [0, 0.05) is 23.5 Å². The highest BCUT2D eigenvalue weighted by Gasteiger charge is 2.54. The molecule has 0 amide bonds. The largest absolute Gasteiger partial charge is 0.492 e. The molecule has 0 atom stereocenters. The number of halogens is 3. The van der Waals surface area contributed by atoms with Crippen LogP contribution < -0.4 is 4.74 Å². The predicted octanol–water partition coefficient (Wildman–Crippen LogP) is 6.34. The van der Waals surface area contributed by atoms with Crippen molar-refractivity contribution in [1.29, 1.82) is 0 Å². The van der Waals surface area contributed by atoms with E-state index in [9.17, 15) is 18.0 Å². The number of imidazole rings is 1. The summed E-state index contributed by atoms with van der Waals surface area (Å²) in [7, 11) is 1.34. The van der Waals surface area contributed by atoms with E-state index in [-0.39, 0.29) is 31.1 Å². The highest BCUT2D eigenvalue weighted by Crippen LogP contribution is 2.45. The van der Waals surface area contributed by atoms with Gasteiger partial charge < -0.3 is 14.5 Å². The minimum atomic E-state index is -4.38. The van der Waals surface area contributed by atoms with Crippen LogP contribution in [0.25, 0.3) is 22.6 Å². The van der Waals surface area contributed by atoms with E-state index < -0.39 is 17.0 Å². The van der Waals surface area contributed by atoms with Gasteiger partial charge in [0.25, 0.3) is 0 Å². The van der Waals surface area contributed by atoms with Crippen LogP contribution in [0.4, 0.5) is 13.2 Å². The van der Waals surface area contributed by atoms with Crippen molar-refractivity contribution in [3.05, 3.63) is 54.5 Å². The first-order valence-electron chi connectivity index (χ1n) is 11.4. The van der Waals surface area contributed by atoms with Crippen LogP contribution >= 0.6 is 0 Å². The molecule has 0 aliphatic heterocycles. The zero-order valence-corrected chi connectivity index (χ0v) is 20.5. The molecule has 0 saturated carbocycles. The number of alkyl halides is 3. The van der Waals surface area contributed by atoms with E-state index in [0.29, 0.717) is 22.8 Å². The van der Waals surface area contributed by atoms with Crippen LogP contribution in [-0.2, 0) is 14.9 Å². The van der Waals surface area contributed by atoms with Crippen LogP contribution in [0.5, 0.6) is 5.75 Å². The van der Waals surface area contributed by atoms with Gasteiger partial charge >= 0.3 is 12.1 Å². The first kappa shape index (κ1) is 26.2. The Hall–Kier alpha value is -3.36. The topological polar surface area (TPSA) is 77.1 Å². The van der Waals surface area contributed by atoms with E-state index in [2.05, 4.69) is 15.0 Å². The van der Waals surface area contributed by atoms with E-state index in [1.807, 2.05) is 12.1 Å². The quantitative estimate of drug-likeness (QED) is 0.355. The first-order chi connectivity index (χ1) is 16.5. The third kappa shape index (κ3) is 5.33. The molecule has 35 heavy (non-hydrogen) atoms. The number of carbonyl (C=O) groups excluding carboxylic acids is 1. The Labute approximate surface area is 202 Å². The van der Waals surface area contributed by atoms with Gasteiger partial charge in [0.05, 0.1) is 23.9 Å². The van der Waals surface area contributed by atoms with Gasteiger partial charge in [-0.25, -0.2) is 4.98 Å². The summed E-state index contributed by atoms with van der Waals surface area (Å²) < 4.78 is 51.9. The minimum Gasteiger partial charge on any atom is -0.492 e. The van der Waals surface area contributed by atoms with Crippen molar-refractivity contribution < 1.29 is 27.4 Å². The highest BCUT2D eigenvalue weighted by molar-refractivity contribution is 5.76. The van der Waals surface area contributed by atoms with E-state index in [1.165, 1.54) is 27.2 Å². The molecule has 3 aromatic rings. The SMILES string of the molecule is CCC(CC)(c1cnc(-c2ccc(-c3ccc(OCC(C)(C)C(=O)OC)cc3)nc2)[nH]1)C(F)(F)F. The number of pyridine rings is 1. The van der Waals surface area contributed by atoms with Crippen LogP contribution in [0, 0.1) is 5.41 Å². The number of benzene rings is 1. The fourth-order valence-electron chi connectivity index (χ4n) is 3.92. The number of methoxy groups -OCH3 is 1. The average molecular weight is 490 g/mol. The molecule has 1 N–H and O–H groups in total. The van der Waals surface area contributed by atoms with Gasteiger partial charge in [0.1, 0.15) is 23.6 Å². The van der Waals surface area contributed by atoms with E-state index >= 15 is 0 Å². The lowest BCUT2D eigenvalue weighted by Gasteiger charge is -2.32. The number of aromatic amines is 1. The molecule has 3 rings (SSSR count). The number of H-pyrrole nitrogens is 1. The van der Waals surface area contributed by atoms with Crippen molar-refractivity contribution in [3.8, 4) is 28.4 Å². The monoisotopic (exact) mass is 489 g/mol. The lowest BCUT2D eigenvalue weighted by Crippen LogP contribution is -2.41. The summed E-state index contributed by atoms with van der Waals surface area (Å²) in [5.41, 5.74) is -0.558. The molecule has 1 aromatic carbocycles.